The van der Waals surface area contributed by atoms with Gasteiger partial charge in [-0.15, -0.1) is 0 Å². The van der Waals surface area contributed by atoms with Crippen molar-refractivity contribution in [2.75, 3.05) is 18.4 Å². The first kappa shape index (κ1) is 24.6. The number of hydrogen-bond acceptors (Lipinski definition) is 6. The van der Waals surface area contributed by atoms with E-state index in [1.807, 2.05) is 0 Å². The minimum absolute atomic E-state index is 0.143. The number of esters is 1. The molecule has 0 fully saturated rings. The first-order valence-electron chi connectivity index (χ1n) is 9.42. The molecule has 4 amide bonds. The van der Waals surface area contributed by atoms with Crippen LogP contribution in [0.4, 0.5) is 5.69 Å². The summed E-state index contributed by atoms with van der Waals surface area (Å²) in [5.41, 5.74) is 1.29. The molecule has 1 atom stereocenters. The Kier molecular flexibility index (Phi) is 10.0. The lowest BCUT2D eigenvalue weighted by molar-refractivity contribution is -0.142. The molecule has 30 heavy (non-hydrogen) atoms. The van der Waals surface area contributed by atoms with Crippen LogP contribution in [0.1, 0.15) is 33.3 Å². The number of carbonyl (C=O) groups is 5. The summed E-state index contributed by atoms with van der Waals surface area (Å²) in [6.45, 7) is 5.73. The maximum atomic E-state index is 12.4. The van der Waals surface area contributed by atoms with E-state index in [4.69, 9.17) is 4.74 Å². The Bertz CT molecular complexity index is 776. The molecule has 1 rings (SSSR count). The summed E-state index contributed by atoms with van der Waals surface area (Å²) in [7, 11) is 0. The van der Waals surface area contributed by atoms with Crippen molar-refractivity contribution in [1.82, 2.24) is 16.0 Å². The first-order chi connectivity index (χ1) is 14.1. The largest absolute Gasteiger partial charge is 0.461 e. The van der Waals surface area contributed by atoms with Crippen molar-refractivity contribution >= 4 is 35.3 Å². The van der Waals surface area contributed by atoms with Gasteiger partial charge in [0.1, 0.15) is 12.6 Å². The van der Waals surface area contributed by atoms with Crippen molar-refractivity contribution in [3.05, 3.63) is 29.8 Å². The summed E-state index contributed by atoms with van der Waals surface area (Å²) < 4.78 is 4.89. The van der Waals surface area contributed by atoms with E-state index in [0.717, 1.165) is 5.56 Å². The highest BCUT2D eigenvalue weighted by Gasteiger charge is 2.24. The normalized spacial score (nSPS) is 11.2. The van der Waals surface area contributed by atoms with Crippen molar-refractivity contribution in [2.24, 2.45) is 5.92 Å². The summed E-state index contributed by atoms with van der Waals surface area (Å²) in [4.78, 5) is 58.0. The summed E-state index contributed by atoms with van der Waals surface area (Å²) >= 11 is 0. The second-order valence-corrected chi connectivity index (χ2v) is 6.94. The Labute approximate surface area is 175 Å². The van der Waals surface area contributed by atoms with Crippen LogP contribution in [0.2, 0.25) is 0 Å². The van der Waals surface area contributed by atoms with E-state index in [1.165, 1.54) is 13.8 Å². The van der Waals surface area contributed by atoms with Crippen molar-refractivity contribution < 1.29 is 28.7 Å². The zero-order valence-electron chi connectivity index (χ0n) is 17.5. The summed E-state index contributed by atoms with van der Waals surface area (Å²) in [6, 6.07) is 5.86. The molecule has 0 saturated heterocycles. The third-order valence-corrected chi connectivity index (χ3v) is 3.87. The van der Waals surface area contributed by atoms with Gasteiger partial charge in [-0.2, -0.15) is 0 Å². The van der Waals surface area contributed by atoms with Crippen LogP contribution in [-0.2, 0) is 35.3 Å². The van der Waals surface area contributed by atoms with Crippen LogP contribution in [0, 0.1) is 5.92 Å². The summed E-state index contributed by atoms with van der Waals surface area (Å²) in [5.74, 6) is -2.41. The van der Waals surface area contributed by atoms with E-state index in [1.54, 1.807) is 38.1 Å². The molecular weight excluding hydrogens is 392 g/mol. The van der Waals surface area contributed by atoms with E-state index in [9.17, 15) is 24.0 Å². The number of carbonyl (C=O) groups excluding carboxylic acids is 5. The molecule has 0 heterocycles. The number of hydrogen-bond donors (Lipinski definition) is 4. The van der Waals surface area contributed by atoms with Gasteiger partial charge in [-0.1, -0.05) is 26.0 Å². The van der Waals surface area contributed by atoms with E-state index in [2.05, 4.69) is 21.3 Å². The van der Waals surface area contributed by atoms with Crippen LogP contribution in [0.25, 0.3) is 0 Å². The van der Waals surface area contributed by atoms with Crippen LogP contribution in [0.15, 0.2) is 24.3 Å². The lowest BCUT2D eigenvalue weighted by Gasteiger charge is -2.21. The molecule has 0 aliphatic rings. The number of rotatable bonds is 10. The average molecular weight is 420 g/mol. The van der Waals surface area contributed by atoms with Crippen molar-refractivity contribution in [3.63, 3.8) is 0 Å². The SMILES string of the molecule is CC(=O)NCC(=O)N[C@H](C(=O)NCC(=O)Nc1ccc(COC(C)=O)cc1)C(C)C. The van der Waals surface area contributed by atoms with E-state index in [0.29, 0.717) is 5.69 Å². The third-order valence-electron chi connectivity index (χ3n) is 3.87. The van der Waals surface area contributed by atoms with Gasteiger partial charge in [-0.3, -0.25) is 24.0 Å². The lowest BCUT2D eigenvalue weighted by atomic mass is 10.0. The fourth-order valence-electron chi connectivity index (χ4n) is 2.32. The fraction of sp³-hybridized carbons (Fsp3) is 0.450. The zero-order valence-corrected chi connectivity index (χ0v) is 17.5. The molecule has 10 heteroatoms. The second-order valence-electron chi connectivity index (χ2n) is 6.94. The summed E-state index contributed by atoms with van der Waals surface area (Å²) in [5, 5.41) is 10.0. The topological polar surface area (TPSA) is 143 Å². The Morgan fingerprint density at radius 3 is 2.03 bits per heavy atom. The fourth-order valence-corrected chi connectivity index (χ4v) is 2.32. The van der Waals surface area contributed by atoms with Gasteiger partial charge in [0.25, 0.3) is 0 Å². The van der Waals surface area contributed by atoms with Gasteiger partial charge in [0.15, 0.2) is 0 Å². The maximum Gasteiger partial charge on any atom is 0.302 e. The molecule has 0 saturated carbocycles. The third kappa shape index (κ3) is 9.67. The summed E-state index contributed by atoms with van der Waals surface area (Å²) in [6.07, 6.45) is 0. The highest BCUT2D eigenvalue weighted by molar-refractivity contribution is 5.96. The quantitative estimate of drug-likeness (QED) is 0.395. The predicted octanol–water partition coefficient (Wildman–Crippen LogP) is 0.0813. The van der Waals surface area contributed by atoms with Gasteiger partial charge in [0.2, 0.25) is 23.6 Å². The molecule has 0 spiro atoms. The molecule has 4 N–H and O–H groups in total. The highest BCUT2D eigenvalue weighted by Crippen LogP contribution is 2.10. The predicted molar refractivity (Wildman–Crippen MR) is 109 cm³/mol. The van der Waals surface area contributed by atoms with Gasteiger partial charge < -0.3 is 26.0 Å². The molecule has 0 aliphatic carbocycles. The Balaban J connectivity index is 2.50. The average Bonchev–Trinajstić information content (AvgIpc) is 2.67. The first-order valence-corrected chi connectivity index (χ1v) is 9.42. The monoisotopic (exact) mass is 420 g/mol. The molecule has 164 valence electrons. The van der Waals surface area contributed by atoms with Gasteiger partial charge in [-0.05, 0) is 23.6 Å². The van der Waals surface area contributed by atoms with E-state index < -0.39 is 23.8 Å². The molecule has 0 radical (unpaired) electrons. The molecule has 10 nitrogen and oxygen atoms in total. The van der Waals surface area contributed by atoms with Crippen LogP contribution in [0.5, 0.6) is 0 Å². The van der Waals surface area contributed by atoms with E-state index in [-0.39, 0.29) is 37.5 Å². The molecule has 0 bridgehead atoms. The van der Waals surface area contributed by atoms with Crippen LogP contribution < -0.4 is 21.3 Å². The minimum Gasteiger partial charge on any atom is -0.461 e. The molecule has 1 aromatic carbocycles. The Morgan fingerprint density at radius 2 is 1.50 bits per heavy atom. The molecule has 0 unspecified atom stereocenters. The van der Waals surface area contributed by atoms with Crippen molar-refractivity contribution in [1.29, 1.82) is 0 Å². The van der Waals surface area contributed by atoms with E-state index >= 15 is 0 Å². The number of benzene rings is 1. The number of amides is 4. The minimum atomic E-state index is -0.848. The van der Waals surface area contributed by atoms with Crippen LogP contribution in [0.3, 0.4) is 0 Å². The highest BCUT2D eigenvalue weighted by atomic mass is 16.5. The van der Waals surface area contributed by atoms with Gasteiger partial charge >= 0.3 is 5.97 Å². The standard InChI is InChI=1S/C20H28N4O6/c1-12(2)19(24-18(28)9-21-13(3)25)20(29)22-10-17(27)23-16-7-5-15(6-8-16)11-30-14(4)26/h5-8,12,19H,9-11H2,1-4H3,(H,21,25)(H,22,29)(H,23,27)(H,24,28)/t19-/m0/s1. The van der Waals surface area contributed by atoms with Crippen molar-refractivity contribution in [2.45, 2.75) is 40.3 Å². The molecular formula is C20H28N4O6. The van der Waals surface area contributed by atoms with Crippen LogP contribution >= 0.6 is 0 Å². The number of ether oxygens (including phenoxy) is 1. The van der Waals surface area contributed by atoms with Crippen LogP contribution in [-0.4, -0.2) is 48.7 Å². The smallest absolute Gasteiger partial charge is 0.302 e. The molecule has 0 aromatic heterocycles. The number of anilines is 1. The zero-order chi connectivity index (χ0) is 22.7. The Morgan fingerprint density at radius 1 is 0.900 bits per heavy atom. The Hall–Kier alpha value is -3.43. The van der Waals surface area contributed by atoms with Gasteiger partial charge in [0.05, 0.1) is 13.1 Å². The maximum absolute atomic E-state index is 12.4. The second kappa shape index (κ2) is 12.2. The lowest BCUT2D eigenvalue weighted by Crippen LogP contribution is -2.52. The molecule has 1 aromatic rings. The van der Waals surface area contributed by atoms with Gasteiger partial charge in [0, 0.05) is 19.5 Å². The van der Waals surface area contributed by atoms with Crippen molar-refractivity contribution in [3.8, 4) is 0 Å². The van der Waals surface area contributed by atoms with Gasteiger partial charge in [-0.25, -0.2) is 0 Å². The molecule has 0 aliphatic heterocycles. The number of nitrogens with one attached hydrogen (secondary N) is 4.